The summed E-state index contributed by atoms with van der Waals surface area (Å²) >= 11 is 0. The van der Waals surface area contributed by atoms with E-state index in [4.69, 9.17) is 0 Å². The molecule has 0 atom stereocenters. The molecular formula is C22H27N3O2. The lowest BCUT2D eigenvalue weighted by atomic mass is 10.2. The highest BCUT2D eigenvalue weighted by atomic mass is 16.2. The van der Waals surface area contributed by atoms with Crippen LogP contribution >= 0.6 is 0 Å². The van der Waals surface area contributed by atoms with E-state index in [1.165, 1.54) is 12.5 Å². The summed E-state index contributed by atoms with van der Waals surface area (Å²) in [4.78, 5) is 30.5. The second kappa shape index (κ2) is 9.33. The molecule has 5 nitrogen and oxygen atoms in total. The Morgan fingerprint density at radius 2 is 1.41 bits per heavy atom. The van der Waals surface area contributed by atoms with Gasteiger partial charge in [0.2, 0.25) is 11.8 Å². The summed E-state index contributed by atoms with van der Waals surface area (Å²) in [5.41, 5.74) is 2.33. The van der Waals surface area contributed by atoms with Gasteiger partial charge in [0, 0.05) is 46.2 Å². The lowest BCUT2D eigenvalue weighted by Crippen LogP contribution is -2.51. The van der Waals surface area contributed by atoms with Crippen LogP contribution in [0.25, 0.3) is 0 Å². The fourth-order valence-corrected chi connectivity index (χ4v) is 3.34. The normalized spacial score (nSPS) is 14.8. The van der Waals surface area contributed by atoms with Gasteiger partial charge in [-0.05, 0) is 11.1 Å². The SMILES string of the molecule is CC(=O)N(CC(=O)N1CCN(Cc2ccccc2)CC1)Cc1ccccc1. The molecule has 1 aliphatic rings. The minimum absolute atomic E-state index is 0.0282. The van der Waals surface area contributed by atoms with Crippen LogP contribution in [0.5, 0.6) is 0 Å². The Kier molecular flexibility index (Phi) is 6.60. The molecule has 1 heterocycles. The number of rotatable bonds is 6. The average molecular weight is 365 g/mol. The summed E-state index contributed by atoms with van der Waals surface area (Å²) in [7, 11) is 0. The molecule has 0 spiro atoms. The van der Waals surface area contributed by atoms with Crippen LogP contribution in [0.15, 0.2) is 60.7 Å². The number of hydrogen-bond donors (Lipinski definition) is 0. The molecular weight excluding hydrogens is 338 g/mol. The van der Waals surface area contributed by atoms with Crippen LogP contribution in [0, 0.1) is 0 Å². The summed E-state index contributed by atoms with van der Waals surface area (Å²) in [5.74, 6) is -0.0459. The molecule has 0 bridgehead atoms. The minimum Gasteiger partial charge on any atom is -0.339 e. The van der Waals surface area contributed by atoms with Gasteiger partial charge in [-0.15, -0.1) is 0 Å². The van der Waals surface area contributed by atoms with Crippen LogP contribution in [0.2, 0.25) is 0 Å². The lowest BCUT2D eigenvalue weighted by molar-refractivity contribution is -0.141. The van der Waals surface area contributed by atoms with Crippen LogP contribution in [0.3, 0.4) is 0 Å². The molecule has 5 heteroatoms. The third-order valence-corrected chi connectivity index (χ3v) is 4.96. The molecule has 2 aromatic carbocycles. The van der Waals surface area contributed by atoms with Crippen LogP contribution in [0.1, 0.15) is 18.1 Å². The van der Waals surface area contributed by atoms with Crippen molar-refractivity contribution in [3.8, 4) is 0 Å². The first-order valence-electron chi connectivity index (χ1n) is 9.45. The standard InChI is InChI=1S/C22H27N3O2/c1-19(26)25(17-21-10-6-3-7-11-21)18-22(27)24-14-12-23(13-15-24)16-20-8-4-2-5-9-20/h2-11H,12-18H2,1H3. The summed E-state index contributed by atoms with van der Waals surface area (Å²) in [6.07, 6.45) is 0. The van der Waals surface area contributed by atoms with Crippen LogP contribution in [0.4, 0.5) is 0 Å². The third kappa shape index (κ3) is 5.66. The zero-order valence-electron chi connectivity index (χ0n) is 15.9. The van der Waals surface area contributed by atoms with Gasteiger partial charge < -0.3 is 9.80 Å². The van der Waals surface area contributed by atoms with Gasteiger partial charge in [0.1, 0.15) is 6.54 Å². The second-order valence-corrected chi connectivity index (χ2v) is 7.00. The van der Waals surface area contributed by atoms with Crippen molar-refractivity contribution in [1.29, 1.82) is 0 Å². The van der Waals surface area contributed by atoms with Crippen LogP contribution in [-0.2, 0) is 22.7 Å². The first kappa shape index (κ1) is 19.1. The summed E-state index contributed by atoms with van der Waals surface area (Å²) in [5, 5.41) is 0. The average Bonchev–Trinajstić information content (AvgIpc) is 2.69. The number of piperazine rings is 1. The van der Waals surface area contributed by atoms with Crippen molar-refractivity contribution >= 4 is 11.8 Å². The molecule has 0 aromatic heterocycles. The molecule has 2 aromatic rings. The van der Waals surface area contributed by atoms with Gasteiger partial charge in [0.25, 0.3) is 0 Å². The highest BCUT2D eigenvalue weighted by molar-refractivity contribution is 5.83. The van der Waals surface area contributed by atoms with E-state index in [0.29, 0.717) is 19.6 Å². The molecule has 0 unspecified atom stereocenters. The van der Waals surface area contributed by atoms with Gasteiger partial charge in [-0.25, -0.2) is 0 Å². The fourth-order valence-electron chi connectivity index (χ4n) is 3.34. The maximum absolute atomic E-state index is 12.7. The summed E-state index contributed by atoms with van der Waals surface area (Å²) in [6, 6.07) is 20.2. The molecule has 2 amide bonds. The number of carbonyl (C=O) groups is 2. The van der Waals surface area contributed by atoms with Gasteiger partial charge in [0.05, 0.1) is 0 Å². The molecule has 0 saturated carbocycles. The van der Waals surface area contributed by atoms with Gasteiger partial charge in [-0.1, -0.05) is 60.7 Å². The fraction of sp³-hybridized carbons (Fsp3) is 0.364. The predicted octanol–water partition coefficient (Wildman–Crippen LogP) is 2.38. The van der Waals surface area contributed by atoms with E-state index < -0.39 is 0 Å². The molecule has 0 N–H and O–H groups in total. The van der Waals surface area contributed by atoms with Crippen molar-refractivity contribution in [1.82, 2.24) is 14.7 Å². The Hall–Kier alpha value is -2.66. The Morgan fingerprint density at radius 1 is 0.852 bits per heavy atom. The maximum Gasteiger partial charge on any atom is 0.242 e. The summed E-state index contributed by atoms with van der Waals surface area (Å²) in [6.45, 7) is 6.19. The topological polar surface area (TPSA) is 43.9 Å². The molecule has 142 valence electrons. The number of amides is 2. The molecule has 1 saturated heterocycles. The largest absolute Gasteiger partial charge is 0.339 e. The monoisotopic (exact) mass is 365 g/mol. The van der Waals surface area contributed by atoms with E-state index >= 15 is 0 Å². The van der Waals surface area contributed by atoms with E-state index in [2.05, 4.69) is 29.2 Å². The zero-order valence-corrected chi connectivity index (χ0v) is 15.9. The van der Waals surface area contributed by atoms with Gasteiger partial charge in [-0.2, -0.15) is 0 Å². The third-order valence-electron chi connectivity index (χ3n) is 4.96. The summed E-state index contributed by atoms with van der Waals surface area (Å²) < 4.78 is 0. The van der Waals surface area contributed by atoms with E-state index in [0.717, 1.165) is 25.2 Å². The highest BCUT2D eigenvalue weighted by Crippen LogP contribution is 2.10. The maximum atomic E-state index is 12.7. The van der Waals surface area contributed by atoms with Crippen molar-refractivity contribution in [2.45, 2.75) is 20.0 Å². The Labute approximate surface area is 161 Å². The Bertz CT molecular complexity index is 741. The van der Waals surface area contributed by atoms with E-state index in [9.17, 15) is 9.59 Å². The van der Waals surface area contributed by atoms with Crippen LogP contribution in [-0.4, -0.2) is 59.2 Å². The number of hydrogen-bond acceptors (Lipinski definition) is 3. The first-order valence-corrected chi connectivity index (χ1v) is 9.45. The van der Waals surface area contributed by atoms with Gasteiger partial charge >= 0.3 is 0 Å². The molecule has 0 radical (unpaired) electrons. The number of carbonyl (C=O) groups excluding carboxylic acids is 2. The first-order chi connectivity index (χ1) is 13.1. The molecule has 27 heavy (non-hydrogen) atoms. The molecule has 0 aliphatic carbocycles. The quantitative estimate of drug-likeness (QED) is 0.789. The van der Waals surface area contributed by atoms with Gasteiger partial charge in [-0.3, -0.25) is 14.5 Å². The lowest BCUT2D eigenvalue weighted by Gasteiger charge is -2.35. The zero-order chi connectivity index (χ0) is 19.1. The minimum atomic E-state index is -0.0742. The van der Waals surface area contributed by atoms with E-state index in [-0.39, 0.29) is 18.4 Å². The van der Waals surface area contributed by atoms with Crippen LogP contribution < -0.4 is 0 Å². The number of nitrogens with zero attached hydrogens (tertiary/aromatic N) is 3. The Morgan fingerprint density at radius 3 is 1.96 bits per heavy atom. The van der Waals surface area contributed by atoms with Gasteiger partial charge in [0.15, 0.2) is 0 Å². The van der Waals surface area contributed by atoms with E-state index in [1.54, 1.807) is 4.90 Å². The van der Waals surface area contributed by atoms with Crippen molar-refractivity contribution in [2.75, 3.05) is 32.7 Å². The second-order valence-electron chi connectivity index (χ2n) is 7.00. The highest BCUT2D eigenvalue weighted by Gasteiger charge is 2.23. The smallest absolute Gasteiger partial charge is 0.242 e. The van der Waals surface area contributed by atoms with Crippen molar-refractivity contribution in [3.05, 3.63) is 71.8 Å². The van der Waals surface area contributed by atoms with E-state index in [1.807, 2.05) is 41.3 Å². The van der Waals surface area contributed by atoms with Crippen molar-refractivity contribution < 1.29 is 9.59 Å². The predicted molar refractivity (Wildman–Crippen MR) is 106 cm³/mol. The molecule has 3 rings (SSSR count). The number of benzene rings is 2. The van der Waals surface area contributed by atoms with Crippen molar-refractivity contribution in [3.63, 3.8) is 0 Å². The Balaban J connectivity index is 1.49. The molecule has 1 fully saturated rings. The van der Waals surface area contributed by atoms with Crippen molar-refractivity contribution in [2.24, 2.45) is 0 Å². The molecule has 1 aliphatic heterocycles.